The van der Waals surface area contributed by atoms with Crippen LogP contribution in [-0.4, -0.2) is 19.7 Å². The Labute approximate surface area is 139 Å². The average Bonchev–Trinajstić information content (AvgIpc) is 3.25. The molecule has 0 spiro atoms. The fraction of sp³-hybridized carbons (Fsp3) is 0.105. The van der Waals surface area contributed by atoms with Gasteiger partial charge in [0.05, 0.1) is 0 Å². The molecule has 4 rings (SSSR count). The van der Waals surface area contributed by atoms with Gasteiger partial charge >= 0.3 is 0 Å². The molecule has 0 amide bonds. The van der Waals surface area contributed by atoms with E-state index in [2.05, 4.69) is 50.9 Å². The van der Waals surface area contributed by atoms with Crippen molar-refractivity contribution in [1.29, 1.82) is 0 Å². The maximum atomic E-state index is 5.46. The molecule has 3 heterocycles. The second-order valence-electron chi connectivity index (χ2n) is 5.67. The van der Waals surface area contributed by atoms with E-state index in [0.29, 0.717) is 11.7 Å². The maximum absolute atomic E-state index is 5.46. The number of aryl methyl sites for hydroxylation is 1. The first-order valence-corrected chi connectivity index (χ1v) is 7.75. The Bertz CT molecular complexity index is 956. The quantitative estimate of drug-likeness (QED) is 0.572. The summed E-state index contributed by atoms with van der Waals surface area (Å²) < 4.78 is 7.57. The van der Waals surface area contributed by atoms with E-state index in [-0.39, 0.29) is 0 Å². The van der Waals surface area contributed by atoms with E-state index >= 15 is 0 Å². The summed E-state index contributed by atoms with van der Waals surface area (Å²) in [6, 6.07) is 16.2. The van der Waals surface area contributed by atoms with Gasteiger partial charge in [-0.2, -0.15) is 4.98 Å². The van der Waals surface area contributed by atoms with Crippen LogP contribution in [0, 0.1) is 6.92 Å². The van der Waals surface area contributed by atoms with Gasteiger partial charge in [0.1, 0.15) is 5.69 Å². The van der Waals surface area contributed by atoms with Crippen LogP contribution >= 0.6 is 0 Å². The summed E-state index contributed by atoms with van der Waals surface area (Å²) in [6.45, 7) is 2.86. The van der Waals surface area contributed by atoms with Gasteiger partial charge in [-0.15, -0.1) is 0 Å². The lowest BCUT2D eigenvalue weighted by molar-refractivity contribution is 0.429. The van der Waals surface area contributed by atoms with Gasteiger partial charge in [0.2, 0.25) is 5.82 Å². The zero-order valence-electron chi connectivity index (χ0n) is 13.3. The highest BCUT2D eigenvalue weighted by atomic mass is 16.5. The van der Waals surface area contributed by atoms with Gasteiger partial charge in [0, 0.05) is 30.7 Å². The van der Waals surface area contributed by atoms with Crippen LogP contribution in [0.15, 0.2) is 71.6 Å². The van der Waals surface area contributed by atoms with E-state index in [0.717, 1.165) is 17.8 Å². The third-order valence-corrected chi connectivity index (χ3v) is 3.85. The van der Waals surface area contributed by atoms with E-state index in [1.807, 2.05) is 30.5 Å². The molecule has 0 aliphatic carbocycles. The predicted molar refractivity (Wildman–Crippen MR) is 91.2 cm³/mol. The minimum Gasteiger partial charge on any atom is -0.339 e. The molecule has 0 saturated carbocycles. The molecule has 0 aliphatic rings. The van der Waals surface area contributed by atoms with Crippen LogP contribution in [-0.2, 0) is 6.54 Å². The minimum absolute atomic E-state index is 0.513. The Morgan fingerprint density at radius 1 is 1.04 bits per heavy atom. The van der Waals surface area contributed by atoms with Crippen LogP contribution < -0.4 is 0 Å². The fourth-order valence-corrected chi connectivity index (χ4v) is 2.70. The van der Waals surface area contributed by atoms with Crippen molar-refractivity contribution in [3.05, 3.63) is 78.2 Å². The van der Waals surface area contributed by atoms with Crippen molar-refractivity contribution in [2.45, 2.75) is 13.5 Å². The molecular formula is C19H16N4O. The van der Waals surface area contributed by atoms with E-state index in [9.17, 15) is 0 Å². The van der Waals surface area contributed by atoms with Crippen molar-refractivity contribution in [2.24, 2.45) is 0 Å². The van der Waals surface area contributed by atoms with E-state index < -0.39 is 0 Å². The van der Waals surface area contributed by atoms with Crippen molar-refractivity contribution in [1.82, 2.24) is 19.7 Å². The third kappa shape index (κ3) is 2.84. The fourth-order valence-electron chi connectivity index (χ4n) is 2.70. The molecule has 0 radical (unpaired) electrons. The Balaban J connectivity index is 1.64. The molecule has 3 aromatic heterocycles. The van der Waals surface area contributed by atoms with Gasteiger partial charge in [-0.25, -0.2) is 0 Å². The lowest BCUT2D eigenvalue weighted by Gasteiger charge is -2.07. The Hall–Kier alpha value is -3.21. The van der Waals surface area contributed by atoms with E-state index in [4.69, 9.17) is 4.52 Å². The lowest BCUT2D eigenvalue weighted by Crippen LogP contribution is -2.00. The summed E-state index contributed by atoms with van der Waals surface area (Å²) >= 11 is 0. The zero-order valence-corrected chi connectivity index (χ0v) is 13.3. The Kier molecular flexibility index (Phi) is 3.67. The molecule has 0 aliphatic heterocycles. The highest BCUT2D eigenvalue weighted by Crippen LogP contribution is 2.23. The standard InChI is InChI=1S/C19H16N4O/c1-14-4-2-5-15(12-14)13-23-11-3-6-17(23)19-21-18(22-24-19)16-7-9-20-10-8-16/h2-12H,13H2,1H3. The van der Waals surface area contributed by atoms with E-state index in [1.165, 1.54) is 11.1 Å². The van der Waals surface area contributed by atoms with Gasteiger partial charge in [0.15, 0.2) is 0 Å². The number of nitrogens with zero attached hydrogens (tertiary/aromatic N) is 4. The van der Waals surface area contributed by atoms with Crippen molar-refractivity contribution in [2.75, 3.05) is 0 Å². The maximum Gasteiger partial charge on any atom is 0.274 e. The average molecular weight is 316 g/mol. The van der Waals surface area contributed by atoms with Crippen LogP contribution in [0.1, 0.15) is 11.1 Å². The molecule has 0 unspecified atom stereocenters. The SMILES string of the molecule is Cc1cccc(Cn2cccc2-c2nc(-c3ccncc3)no2)c1. The van der Waals surface area contributed by atoms with Crippen molar-refractivity contribution >= 4 is 0 Å². The smallest absolute Gasteiger partial charge is 0.274 e. The highest BCUT2D eigenvalue weighted by molar-refractivity contribution is 5.57. The molecule has 24 heavy (non-hydrogen) atoms. The molecule has 0 N–H and O–H groups in total. The van der Waals surface area contributed by atoms with Crippen molar-refractivity contribution in [3.63, 3.8) is 0 Å². The molecule has 5 heteroatoms. The van der Waals surface area contributed by atoms with Gasteiger partial charge in [-0.05, 0) is 36.8 Å². The number of hydrogen-bond acceptors (Lipinski definition) is 4. The van der Waals surface area contributed by atoms with Gasteiger partial charge < -0.3 is 9.09 Å². The summed E-state index contributed by atoms with van der Waals surface area (Å²) in [7, 11) is 0. The molecule has 0 atom stereocenters. The van der Waals surface area contributed by atoms with Gasteiger partial charge in [0.25, 0.3) is 5.89 Å². The first-order valence-electron chi connectivity index (χ1n) is 7.75. The van der Waals surface area contributed by atoms with Crippen LogP contribution in [0.3, 0.4) is 0 Å². The Morgan fingerprint density at radius 3 is 2.75 bits per heavy atom. The second kappa shape index (κ2) is 6.12. The highest BCUT2D eigenvalue weighted by Gasteiger charge is 2.14. The van der Waals surface area contributed by atoms with E-state index in [1.54, 1.807) is 12.4 Å². The third-order valence-electron chi connectivity index (χ3n) is 3.85. The molecule has 5 nitrogen and oxygen atoms in total. The summed E-state index contributed by atoms with van der Waals surface area (Å²) in [5, 5.41) is 4.08. The summed E-state index contributed by atoms with van der Waals surface area (Å²) in [5.41, 5.74) is 4.28. The number of hydrogen-bond donors (Lipinski definition) is 0. The van der Waals surface area contributed by atoms with Crippen molar-refractivity contribution in [3.8, 4) is 23.0 Å². The van der Waals surface area contributed by atoms with Gasteiger partial charge in [-0.1, -0.05) is 35.0 Å². The predicted octanol–water partition coefficient (Wildman–Crippen LogP) is 3.96. The molecule has 0 saturated heterocycles. The number of pyridine rings is 1. The monoisotopic (exact) mass is 316 g/mol. The largest absolute Gasteiger partial charge is 0.339 e. The molecule has 4 aromatic rings. The summed E-state index contributed by atoms with van der Waals surface area (Å²) in [4.78, 5) is 8.52. The number of rotatable bonds is 4. The summed E-state index contributed by atoms with van der Waals surface area (Å²) in [6.07, 6.45) is 5.45. The normalized spacial score (nSPS) is 10.9. The van der Waals surface area contributed by atoms with Gasteiger partial charge in [-0.3, -0.25) is 4.98 Å². The van der Waals surface area contributed by atoms with Crippen molar-refractivity contribution < 1.29 is 4.52 Å². The first kappa shape index (κ1) is 14.4. The van der Waals surface area contributed by atoms with Crippen LogP contribution in [0.4, 0.5) is 0 Å². The topological polar surface area (TPSA) is 56.7 Å². The molecule has 0 fully saturated rings. The number of aromatic nitrogens is 4. The summed E-state index contributed by atoms with van der Waals surface area (Å²) in [5.74, 6) is 1.08. The minimum atomic E-state index is 0.513. The van der Waals surface area contributed by atoms with Crippen LogP contribution in [0.2, 0.25) is 0 Å². The molecule has 118 valence electrons. The first-order chi connectivity index (χ1) is 11.8. The van der Waals surface area contributed by atoms with Crippen LogP contribution in [0.5, 0.6) is 0 Å². The second-order valence-corrected chi connectivity index (χ2v) is 5.67. The molecule has 0 bridgehead atoms. The Morgan fingerprint density at radius 2 is 1.92 bits per heavy atom. The van der Waals surface area contributed by atoms with Crippen LogP contribution in [0.25, 0.3) is 23.0 Å². The number of benzene rings is 1. The lowest BCUT2D eigenvalue weighted by atomic mass is 10.1. The zero-order chi connectivity index (χ0) is 16.4. The molecular weight excluding hydrogens is 300 g/mol. The molecule has 1 aromatic carbocycles.